The lowest BCUT2D eigenvalue weighted by atomic mass is 10.0. The summed E-state index contributed by atoms with van der Waals surface area (Å²) >= 11 is 0. The SMILES string of the molecule is CCc1ccc([C@H](CNC(=O)[C@@H](NC(=O)c2ccc(F)cc2)C(C)C)N(C)C)cc1. The van der Waals surface area contributed by atoms with Gasteiger partial charge in [0.05, 0.1) is 6.04 Å². The van der Waals surface area contributed by atoms with Crippen LogP contribution in [0.15, 0.2) is 48.5 Å². The summed E-state index contributed by atoms with van der Waals surface area (Å²) in [6.07, 6.45) is 0.980. The van der Waals surface area contributed by atoms with E-state index in [2.05, 4.69) is 46.7 Å². The molecule has 0 aliphatic heterocycles. The molecule has 0 radical (unpaired) electrons. The molecule has 0 saturated heterocycles. The molecule has 5 nitrogen and oxygen atoms in total. The van der Waals surface area contributed by atoms with Crippen LogP contribution in [0.2, 0.25) is 0 Å². The minimum atomic E-state index is -0.687. The highest BCUT2D eigenvalue weighted by Gasteiger charge is 2.26. The minimum Gasteiger partial charge on any atom is -0.352 e. The van der Waals surface area contributed by atoms with E-state index in [0.717, 1.165) is 12.0 Å². The van der Waals surface area contributed by atoms with Gasteiger partial charge >= 0.3 is 0 Å². The van der Waals surface area contributed by atoms with Crippen LogP contribution in [0.25, 0.3) is 0 Å². The highest BCUT2D eigenvalue weighted by Crippen LogP contribution is 2.18. The molecule has 0 saturated carbocycles. The van der Waals surface area contributed by atoms with Crippen molar-refractivity contribution in [3.8, 4) is 0 Å². The second kappa shape index (κ2) is 10.9. The van der Waals surface area contributed by atoms with Gasteiger partial charge in [-0.2, -0.15) is 0 Å². The summed E-state index contributed by atoms with van der Waals surface area (Å²) in [6, 6.07) is 13.0. The third-order valence-electron chi connectivity index (χ3n) is 5.21. The summed E-state index contributed by atoms with van der Waals surface area (Å²) in [7, 11) is 3.95. The van der Waals surface area contributed by atoms with E-state index < -0.39 is 17.8 Å². The number of aryl methyl sites for hydroxylation is 1. The van der Waals surface area contributed by atoms with Crippen LogP contribution in [0, 0.1) is 11.7 Å². The summed E-state index contributed by atoms with van der Waals surface area (Å²) in [5.41, 5.74) is 2.70. The number of amides is 2. The van der Waals surface area contributed by atoms with Crippen LogP contribution >= 0.6 is 0 Å². The number of hydrogen-bond acceptors (Lipinski definition) is 3. The van der Waals surface area contributed by atoms with E-state index in [1.165, 1.54) is 29.8 Å². The monoisotopic (exact) mass is 413 g/mol. The second-order valence-electron chi connectivity index (χ2n) is 8.02. The maximum absolute atomic E-state index is 13.1. The number of carbonyl (C=O) groups is 2. The lowest BCUT2D eigenvalue weighted by Gasteiger charge is -2.27. The number of nitrogens with one attached hydrogen (secondary N) is 2. The van der Waals surface area contributed by atoms with E-state index in [1.54, 1.807) is 0 Å². The molecule has 2 amide bonds. The fraction of sp³-hybridized carbons (Fsp3) is 0.417. The molecule has 30 heavy (non-hydrogen) atoms. The first-order valence-electron chi connectivity index (χ1n) is 10.3. The molecule has 2 atom stereocenters. The zero-order chi connectivity index (χ0) is 22.3. The zero-order valence-electron chi connectivity index (χ0n) is 18.4. The van der Waals surface area contributed by atoms with Crippen molar-refractivity contribution in [2.45, 2.75) is 39.3 Å². The number of nitrogens with zero attached hydrogens (tertiary/aromatic N) is 1. The Hall–Kier alpha value is -2.73. The summed E-state index contributed by atoms with van der Waals surface area (Å²) in [5.74, 6) is -1.15. The molecule has 0 bridgehead atoms. The molecule has 0 aromatic heterocycles. The highest BCUT2D eigenvalue weighted by molar-refractivity contribution is 5.97. The Labute approximate surface area is 178 Å². The summed E-state index contributed by atoms with van der Waals surface area (Å²) in [5, 5.41) is 5.76. The topological polar surface area (TPSA) is 61.4 Å². The summed E-state index contributed by atoms with van der Waals surface area (Å²) < 4.78 is 13.1. The summed E-state index contributed by atoms with van der Waals surface area (Å²) in [4.78, 5) is 27.4. The number of carbonyl (C=O) groups excluding carboxylic acids is 2. The number of benzene rings is 2. The molecule has 0 spiro atoms. The van der Waals surface area contributed by atoms with Crippen LogP contribution in [-0.2, 0) is 11.2 Å². The Morgan fingerprint density at radius 2 is 1.60 bits per heavy atom. The van der Waals surface area contributed by atoms with Crippen LogP contribution in [0.1, 0.15) is 48.3 Å². The van der Waals surface area contributed by atoms with Crippen molar-refractivity contribution in [2.75, 3.05) is 20.6 Å². The molecule has 0 fully saturated rings. The van der Waals surface area contributed by atoms with Gasteiger partial charge in [0.2, 0.25) is 5.91 Å². The number of halogens is 1. The third-order valence-corrected chi connectivity index (χ3v) is 5.21. The molecule has 162 valence electrons. The Kier molecular flexibility index (Phi) is 8.54. The quantitative estimate of drug-likeness (QED) is 0.661. The molecular formula is C24H32FN3O2. The molecule has 2 N–H and O–H groups in total. The average molecular weight is 414 g/mol. The number of likely N-dealkylation sites (N-methyl/N-ethyl adjacent to an activating group) is 1. The maximum atomic E-state index is 13.1. The van der Waals surface area contributed by atoms with Crippen molar-refractivity contribution in [3.05, 3.63) is 71.0 Å². The molecule has 0 unspecified atom stereocenters. The van der Waals surface area contributed by atoms with Gasteiger partial charge in [-0.25, -0.2) is 4.39 Å². The van der Waals surface area contributed by atoms with Crippen LogP contribution in [0.4, 0.5) is 4.39 Å². The normalized spacial score (nSPS) is 13.2. The third kappa shape index (κ3) is 6.39. The van der Waals surface area contributed by atoms with Crippen molar-refractivity contribution in [2.24, 2.45) is 5.92 Å². The molecule has 0 aliphatic carbocycles. The minimum absolute atomic E-state index is 0.0143. The molecule has 0 aliphatic rings. The van der Waals surface area contributed by atoms with Crippen molar-refractivity contribution in [3.63, 3.8) is 0 Å². The van der Waals surface area contributed by atoms with Crippen LogP contribution in [0.5, 0.6) is 0 Å². The van der Waals surface area contributed by atoms with Crippen molar-refractivity contribution < 1.29 is 14.0 Å². The largest absolute Gasteiger partial charge is 0.352 e. The first-order valence-corrected chi connectivity index (χ1v) is 10.3. The van der Waals surface area contributed by atoms with Crippen LogP contribution in [-0.4, -0.2) is 43.4 Å². The average Bonchev–Trinajstić information content (AvgIpc) is 2.72. The maximum Gasteiger partial charge on any atom is 0.251 e. The first-order chi connectivity index (χ1) is 14.2. The molecule has 6 heteroatoms. The Bertz CT molecular complexity index is 833. The van der Waals surface area contributed by atoms with E-state index in [-0.39, 0.29) is 17.9 Å². The van der Waals surface area contributed by atoms with Crippen LogP contribution in [0.3, 0.4) is 0 Å². The van der Waals surface area contributed by atoms with E-state index in [0.29, 0.717) is 12.1 Å². The smallest absolute Gasteiger partial charge is 0.251 e. The molecule has 0 heterocycles. The van der Waals surface area contributed by atoms with Gasteiger partial charge in [0.25, 0.3) is 5.91 Å². The predicted molar refractivity (Wildman–Crippen MR) is 118 cm³/mol. The fourth-order valence-electron chi connectivity index (χ4n) is 3.24. The first kappa shape index (κ1) is 23.5. The van der Waals surface area contributed by atoms with Gasteiger partial charge in [0, 0.05) is 12.1 Å². The van der Waals surface area contributed by atoms with Crippen molar-refractivity contribution >= 4 is 11.8 Å². The van der Waals surface area contributed by atoms with Gasteiger partial charge in [-0.1, -0.05) is 45.0 Å². The molecule has 2 aromatic carbocycles. The van der Waals surface area contributed by atoms with Gasteiger partial charge in [0.1, 0.15) is 11.9 Å². The van der Waals surface area contributed by atoms with Crippen molar-refractivity contribution in [1.82, 2.24) is 15.5 Å². The van der Waals surface area contributed by atoms with Gasteiger partial charge in [-0.3, -0.25) is 9.59 Å². The Morgan fingerprint density at radius 3 is 2.10 bits per heavy atom. The Balaban J connectivity index is 2.05. The molecule has 2 rings (SSSR count). The van der Waals surface area contributed by atoms with Gasteiger partial charge in [0.15, 0.2) is 0 Å². The molecule has 2 aromatic rings. The van der Waals surface area contributed by atoms with E-state index in [1.807, 2.05) is 27.9 Å². The number of rotatable bonds is 9. The lowest BCUT2D eigenvalue weighted by molar-refractivity contribution is -0.124. The van der Waals surface area contributed by atoms with Crippen LogP contribution < -0.4 is 10.6 Å². The second-order valence-corrected chi connectivity index (χ2v) is 8.02. The van der Waals surface area contributed by atoms with Gasteiger partial charge < -0.3 is 15.5 Å². The zero-order valence-corrected chi connectivity index (χ0v) is 18.4. The van der Waals surface area contributed by atoms with Gasteiger partial charge in [-0.15, -0.1) is 0 Å². The standard InChI is InChI=1S/C24H32FN3O2/c1-6-17-7-9-18(10-8-17)21(28(4)5)15-26-24(30)22(16(2)3)27-23(29)19-11-13-20(25)14-12-19/h7-14,16,21-22H,6,15H2,1-5H3,(H,26,30)(H,27,29)/t21-,22-/m0/s1. The fourth-order valence-corrected chi connectivity index (χ4v) is 3.24. The predicted octanol–water partition coefficient (Wildman–Crippen LogP) is 3.56. The summed E-state index contributed by atoms with van der Waals surface area (Å²) in [6.45, 7) is 6.29. The Morgan fingerprint density at radius 1 is 1.00 bits per heavy atom. The van der Waals surface area contributed by atoms with E-state index in [4.69, 9.17) is 0 Å². The van der Waals surface area contributed by atoms with Crippen molar-refractivity contribution in [1.29, 1.82) is 0 Å². The highest BCUT2D eigenvalue weighted by atomic mass is 19.1. The van der Waals surface area contributed by atoms with E-state index >= 15 is 0 Å². The molecular weight excluding hydrogens is 381 g/mol. The number of hydrogen-bond donors (Lipinski definition) is 2. The lowest BCUT2D eigenvalue weighted by Crippen LogP contribution is -2.51. The van der Waals surface area contributed by atoms with E-state index in [9.17, 15) is 14.0 Å². The van der Waals surface area contributed by atoms with Gasteiger partial charge in [-0.05, 0) is 61.8 Å².